The number of rotatable bonds is 5. The molecule has 1 N–H and O–H groups in total. The fourth-order valence-corrected chi connectivity index (χ4v) is 2.84. The van der Waals surface area contributed by atoms with Gasteiger partial charge < -0.3 is 5.32 Å². The van der Waals surface area contributed by atoms with Gasteiger partial charge in [0.2, 0.25) is 0 Å². The van der Waals surface area contributed by atoms with Crippen molar-refractivity contribution in [2.75, 3.05) is 19.6 Å². The van der Waals surface area contributed by atoms with Gasteiger partial charge in [-0.1, -0.05) is 45.9 Å². The Kier molecular flexibility index (Phi) is 5.98. The SMILES string of the molecule is C=C(Cl)CN1CC(CC(C)C)NCC1C(C)C. The number of halogens is 1. The molecule has 0 saturated carbocycles. The minimum absolute atomic E-state index is 0.578. The number of nitrogens with zero attached hydrogens (tertiary/aromatic N) is 1. The summed E-state index contributed by atoms with van der Waals surface area (Å²) in [5.74, 6) is 1.39. The second-order valence-corrected chi connectivity index (χ2v) is 6.53. The zero-order valence-corrected chi connectivity index (χ0v) is 12.4. The molecular formula is C14H27ClN2. The molecule has 0 aromatic heterocycles. The minimum atomic E-state index is 0.578. The van der Waals surface area contributed by atoms with Crippen molar-refractivity contribution in [1.29, 1.82) is 0 Å². The van der Waals surface area contributed by atoms with Crippen molar-refractivity contribution in [3.8, 4) is 0 Å². The Balaban J connectivity index is 2.59. The van der Waals surface area contributed by atoms with Gasteiger partial charge in [0.25, 0.3) is 0 Å². The highest BCUT2D eigenvalue weighted by atomic mass is 35.5. The van der Waals surface area contributed by atoms with Gasteiger partial charge in [0, 0.05) is 36.8 Å². The monoisotopic (exact) mass is 258 g/mol. The van der Waals surface area contributed by atoms with Crippen LogP contribution >= 0.6 is 11.6 Å². The van der Waals surface area contributed by atoms with Gasteiger partial charge in [-0.25, -0.2) is 0 Å². The Labute approximate surface area is 111 Å². The average Bonchev–Trinajstić information content (AvgIpc) is 2.15. The van der Waals surface area contributed by atoms with Crippen LogP contribution in [0.15, 0.2) is 11.6 Å². The van der Waals surface area contributed by atoms with Gasteiger partial charge in [0.15, 0.2) is 0 Å². The molecular weight excluding hydrogens is 232 g/mol. The third-order valence-corrected chi connectivity index (χ3v) is 3.56. The smallest absolute Gasteiger partial charge is 0.0339 e. The fourth-order valence-electron chi connectivity index (χ4n) is 2.69. The molecule has 1 heterocycles. The van der Waals surface area contributed by atoms with Crippen molar-refractivity contribution in [3.05, 3.63) is 11.6 Å². The molecule has 100 valence electrons. The van der Waals surface area contributed by atoms with Gasteiger partial charge in [-0.15, -0.1) is 0 Å². The highest BCUT2D eigenvalue weighted by molar-refractivity contribution is 6.29. The molecule has 0 radical (unpaired) electrons. The molecule has 0 aliphatic carbocycles. The van der Waals surface area contributed by atoms with E-state index in [0.717, 1.165) is 30.6 Å². The lowest BCUT2D eigenvalue weighted by atomic mass is 9.95. The predicted molar refractivity (Wildman–Crippen MR) is 76.4 cm³/mol. The molecule has 0 aromatic carbocycles. The summed E-state index contributed by atoms with van der Waals surface area (Å²) in [6.45, 7) is 15.9. The van der Waals surface area contributed by atoms with Gasteiger partial charge >= 0.3 is 0 Å². The highest BCUT2D eigenvalue weighted by Crippen LogP contribution is 2.19. The zero-order chi connectivity index (χ0) is 13.0. The maximum Gasteiger partial charge on any atom is 0.0339 e. The lowest BCUT2D eigenvalue weighted by Crippen LogP contribution is -2.58. The molecule has 17 heavy (non-hydrogen) atoms. The van der Waals surface area contributed by atoms with Crippen LogP contribution in [0.2, 0.25) is 0 Å². The summed E-state index contributed by atoms with van der Waals surface area (Å²) in [7, 11) is 0. The Morgan fingerprint density at radius 1 is 1.41 bits per heavy atom. The predicted octanol–water partition coefficient (Wildman–Crippen LogP) is 3.08. The second-order valence-electron chi connectivity index (χ2n) is 5.99. The lowest BCUT2D eigenvalue weighted by molar-refractivity contribution is 0.104. The van der Waals surface area contributed by atoms with Crippen molar-refractivity contribution in [3.63, 3.8) is 0 Å². The summed E-state index contributed by atoms with van der Waals surface area (Å²) in [5, 5.41) is 4.42. The largest absolute Gasteiger partial charge is 0.311 e. The van der Waals surface area contributed by atoms with Gasteiger partial charge in [-0.05, 0) is 18.3 Å². The van der Waals surface area contributed by atoms with E-state index in [0.29, 0.717) is 18.0 Å². The van der Waals surface area contributed by atoms with E-state index in [1.54, 1.807) is 0 Å². The van der Waals surface area contributed by atoms with Crippen LogP contribution in [-0.4, -0.2) is 36.6 Å². The third kappa shape index (κ3) is 4.99. The zero-order valence-electron chi connectivity index (χ0n) is 11.7. The molecule has 0 amide bonds. The Bertz CT molecular complexity index is 251. The van der Waals surface area contributed by atoms with E-state index in [-0.39, 0.29) is 0 Å². The first-order valence-electron chi connectivity index (χ1n) is 6.70. The van der Waals surface area contributed by atoms with Crippen LogP contribution in [-0.2, 0) is 0 Å². The molecule has 3 heteroatoms. The summed E-state index contributed by atoms with van der Waals surface area (Å²) < 4.78 is 0. The van der Waals surface area contributed by atoms with E-state index in [2.05, 4.69) is 44.5 Å². The van der Waals surface area contributed by atoms with E-state index < -0.39 is 0 Å². The van der Waals surface area contributed by atoms with E-state index in [1.165, 1.54) is 6.42 Å². The van der Waals surface area contributed by atoms with Crippen LogP contribution in [0.3, 0.4) is 0 Å². The standard InChI is InChI=1S/C14H27ClN2/c1-10(2)6-13-9-17(8-12(5)15)14(7-16-13)11(3)4/h10-11,13-14,16H,5-9H2,1-4H3. The highest BCUT2D eigenvalue weighted by Gasteiger charge is 2.29. The molecule has 0 bridgehead atoms. The summed E-state index contributed by atoms with van der Waals surface area (Å²) >= 11 is 5.98. The number of piperazine rings is 1. The second kappa shape index (κ2) is 6.77. The summed E-state index contributed by atoms with van der Waals surface area (Å²) in [6, 6.07) is 1.18. The third-order valence-electron chi connectivity index (χ3n) is 3.44. The summed E-state index contributed by atoms with van der Waals surface area (Å²) in [5.41, 5.74) is 0. The number of hydrogen-bond acceptors (Lipinski definition) is 2. The van der Waals surface area contributed by atoms with Crippen LogP contribution in [0, 0.1) is 11.8 Å². The first kappa shape index (κ1) is 15.0. The first-order chi connectivity index (χ1) is 7.90. The van der Waals surface area contributed by atoms with E-state index in [9.17, 15) is 0 Å². The number of nitrogens with one attached hydrogen (secondary N) is 1. The maximum atomic E-state index is 5.98. The van der Waals surface area contributed by atoms with Gasteiger partial charge in [0.1, 0.15) is 0 Å². The molecule has 1 aliphatic heterocycles. The fraction of sp³-hybridized carbons (Fsp3) is 0.857. The quantitative estimate of drug-likeness (QED) is 0.815. The van der Waals surface area contributed by atoms with E-state index >= 15 is 0 Å². The van der Waals surface area contributed by atoms with E-state index in [1.807, 2.05) is 0 Å². The van der Waals surface area contributed by atoms with E-state index in [4.69, 9.17) is 11.6 Å². The average molecular weight is 259 g/mol. The molecule has 1 aliphatic rings. The molecule has 0 aromatic rings. The Hall–Kier alpha value is -0.0500. The number of hydrogen-bond donors (Lipinski definition) is 1. The van der Waals surface area contributed by atoms with Crippen LogP contribution in [0.25, 0.3) is 0 Å². The van der Waals surface area contributed by atoms with Gasteiger partial charge in [-0.3, -0.25) is 4.90 Å². The maximum absolute atomic E-state index is 5.98. The van der Waals surface area contributed by atoms with Crippen LogP contribution in [0.5, 0.6) is 0 Å². The molecule has 1 fully saturated rings. The van der Waals surface area contributed by atoms with Crippen LogP contribution in [0.4, 0.5) is 0 Å². The van der Waals surface area contributed by atoms with Crippen molar-refractivity contribution in [1.82, 2.24) is 10.2 Å². The van der Waals surface area contributed by atoms with Crippen LogP contribution in [0.1, 0.15) is 34.1 Å². The molecule has 0 spiro atoms. The van der Waals surface area contributed by atoms with Crippen molar-refractivity contribution in [2.24, 2.45) is 11.8 Å². The Morgan fingerprint density at radius 3 is 2.53 bits per heavy atom. The normalized spacial score (nSPS) is 26.8. The van der Waals surface area contributed by atoms with Crippen molar-refractivity contribution in [2.45, 2.75) is 46.2 Å². The Morgan fingerprint density at radius 2 is 2.06 bits per heavy atom. The van der Waals surface area contributed by atoms with Gasteiger partial charge in [-0.2, -0.15) is 0 Å². The summed E-state index contributed by atoms with van der Waals surface area (Å²) in [6.07, 6.45) is 1.23. The van der Waals surface area contributed by atoms with Crippen LogP contribution < -0.4 is 5.32 Å². The van der Waals surface area contributed by atoms with Crippen molar-refractivity contribution >= 4 is 11.6 Å². The first-order valence-corrected chi connectivity index (χ1v) is 7.08. The minimum Gasteiger partial charge on any atom is -0.311 e. The molecule has 2 atom stereocenters. The molecule has 2 nitrogen and oxygen atoms in total. The topological polar surface area (TPSA) is 15.3 Å². The molecule has 2 unspecified atom stereocenters. The van der Waals surface area contributed by atoms with Gasteiger partial charge in [0.05, 0.1) is 0 Å². The van der Waals surface area contributed by atoms with Crippen molar-refractivity contribution < 1.29 is 0 Å². The molecule has 1 saturated heterocycles. The lowest BCUT2D eigenvalue weighted by Gasteiger charge is -2.42. The summed E-state index contributed by atoms with van der Waals surface area (Å²) in [4.78, 5) is 2.49. The molecule has 1 rings (SSSR count).